The summed E-state index contributed by atoms with van der Waals surface area (Å²) in [5, 5.41) is 9.51. The zero-order valence-electron chi connectivity index (χ0n) is 13.1. The number of carbonyl (C=O) groups is 1. The van der Waals surface area contributed by atoms with Crippen molar-refractivity contribution in [3.63, 3.8) is 0 Å². The highest BCUT2D eigenvalue weighted by molar-refractivity contribution is 7.84. The van der Waals surface area contributed by atoms with Gasteiger partial charge in [-0.05, 0) is 39.2 Å². The molecule has 2 N–H and O–H groups in total. The van der Waals surface area contributed by atoms with Gasteiger partial charge in [-0.25, -0.2) is 8.93 Å². The first kappa shape index (κ1) is 17.9. The van der Waals surface area contributed by atoms with Gasteiger partial charge in [-0.2, -0.15) is 0 Å². The second-order valence-electron chi connectivity index (χ2n) is 6.15. The Morgan fingerprint density at radius 3 is 2.29 bits per heavy atom. The number of carboxylic acid groups (broad SMARTS) is 1. The van der Waals surface area contributed by atoms with E-state index in [0.29, 0.717) is 12.8 Å². The molecule has 5 heteroatoms. The van der Waals surface area contributed by atoms with E-state index in [1.165, 1.54) is 0 Å². The summed E-state index contributed by atoms with van der Waals surface area (Å²) in [7, 11) is -1.28. The molecule has 21 heavy (non-hydrogen) atoms. The minimum absolute atomic E-state index is 0.317. The molecular formula is C16H25NO3S. The van der Waals surface area contributed by atoms with Crippen LogP contribution in [0.4, 0.5) is 0 Å². The topological polar surface area (TPSA) is 66.4 Å². The number of aliphatic carboxylic acids is 1. The average Bonchev–Trinajstić information content (AvgIpc) is 2.42. The molecule has 1 aromatic rings. The van der Waals surface area contributed by atoms with Crippen LogP contribution in [0, 0.1) is 5.92 Å². The summed E-state index contributed by atoms with van der Waals surface area (Å²) in [6, 6.07) is 9.23. The molecule has 1 aromatic carbocycles. The summed E-state index contributed by atoms with van der Waals surface area (Å²) < 4.78 is 14.8. The first-order chi connectivity index (χ1) is 9.75. The first-order valence-corrected chi connectivity index (χ1v) is 8.35. The molecule has 118 valence electrons. The van der Waals surface area contributed by atoms with Gasteiger partial charge in [0.1, 0.15) is 0 Å². The van der Waals surface area contributed by atoms with Crippen LogP contribution in [0.5, 0.6) is 0 Å². The Balaban J connectivity index is 2.86. The summed E-state index contributed by atoms with van der Waals surface area (Å²) in [4.78, 5) is 11.6. The van der Waals surface area contributed by atoms with Crippen molar-refractivity contribution in [3.8, 4) is 0 Å². The van der Waals surface area contributed by atoms with E-state index >= 15 is 0 Å². The van der Waals surface area contributed by atoms with Crippen molar-refractivity contribution in [1.82, 2.24) is 4.72 Å². The predicted molar refractivity (Wildman–Crippen MR) is 86.4 cm³/mol. The molecule has 4 nitrogen and oxygen atoms in total. The van der Waals surface area contributed by atoms with Gasteiger partial charge in [0, 0.05) is 6.04 Å². The monoisotopic (exact) mass is 311 g/mol. The lowest BCUT2D eigenvalue weighted by molar-refractivity contribution is -0.142. The molecule has 0 spiro atoms. The zero-order valence-corrected chi connectivity index (χ0v) is 13.9. The lowest BCUT2D eigenvalue weighted by atomic mass is 9.91. The van der Waals surface area contributed by atoms with Crippen molar-refractivity contribution in [3.05, 3.63) is 35.9 Å². The maximum absolute atomic E-state index is 12.2. The predicted octanol–water partition coefficient (Wildman–Crippen LogP) is 2.76. The molecule has 0 saturated heterocycles. The van der Waals surface area contributed by atoms with E-state index in [-0.39, 0.29) is 6.04 Å². The molecule has 0 fully saturated rings. The van der Waals surface area contributed by atoms with E-state index in [9.17, 15) is 14.1 Å². The van der Waals surface area contributed by atoms with Crippen LogP contribution in [0.1, 0.15) is 39.7 Å². The van der Waals surface area contributed by atoms with Crippen molar-refractivity contribution >= 4 is 17.0 Å². The average molecular weight is 311 g/mol. The Bertz CT molecular complexity index is 482. The Labute approximate surface area is 129 Å². The summed E-state index contributed by atoms with van der Waals surface area (Å²) in [6.45, 7) is 7.53. The highest BCUT2D eigenvalue weighted by atomic mass is 32.2. The molecule has 0 aliphatic heterocycles. The lowest BCUT2D eigenvalue weighted by Crippen LogP contribution is -2.46. The van der Waals surface area contributed by atoms with Crippen molar-refractivity contribution in [2.45, 2.75) is 51.3 Å². The number of hydrogen-bond donors (Lipinski definition) is 2. The molecule has 0 aromatic heterocycles. The van der Waals surface area contributed by atoms with Gasteiger partial charge < -0.3 is 5.11 Å². The minimum atomic E-state index is -1.28. The van der Waals surface area contributed by atoms with Crippen molar-refractivity contribution in [2.75, 3.05) is 0 Å². The molecule has 0 saturated carbocycles. The van der Waals surface area contributed by atoms with E-state index < -0.39 is 27.6 Å². The molecule has 0 heterocycles. The van der Waals surface area contributed by atoms with Crippen LogP contribution in [0.25, 0.3) is 0 Å². The van der Waals surface area contributed by atoms with E-state index in [4.69, 9.17) is 0 Å². The number of hydrogen-bond acceptors (Lipinski definition) is 2. The minimum Gasteiger partial charge on any atom is -0.481 e. The third-order valence-corrected chi connectivity index (χ3v) is 4.98. The Morgan fingerprint density at radius 2 is 1.86 bits per heavy atom. The molecule has 1 unspecified atom stereocenters. The van der Waals surface area contributed by atoms with Crippen LogP contribution in [-0.4, -0.2) is 26.1 Å². The summed E-state index contributed by atoms with van der Waals surface area (Å²) in [6.07, 6.45) is 1.05. The van der Waals surface area contributed by atoms with E-state index in [1.807, 2.05) is 58.0 Å². The molecule has 0 radical (unpaired) electrons. The second-order valence-corrected chi connectivity index (χ2v) is 8.15. The quantitative estimate of drug-likeness (QED) is 0.813. The maximum atomic E-state index is 12.2. The second kappa shape index (κ2) is 7.71. The van der Waals surface area contributed by atoms with E-state index in [1.54, 1.807) is 0 Å². The fourth-order valence-electron chi connectivity index (χ4n) is 2.03. The molecule has 0 aliphatic rings. The Kier molecular flexibility index (Phi) is 6.55. The van der Waals surface area contributed by atoms with Gasteiger partial charge in [-0.3, -0.25) is 4.79 Å². The van der Waals surface area contributed by atoms with Gasteiger partial charge in [0.05, 0.1) is 21.7 Å². The van der Waals surface area contributed by atoms with E-state index in [2.05, 4.69) is 4.72 Å². The largest absolute Gasteiger partial charge is 0.481 e. The van der Waals surface area contributed by atoms with Crippen LogP contribution >= 0.6 is 0 Å². The van der Waals surface area contributed by atoms with Gasteiger partial charge in [-0.1, -0.05) is 37.3 Å². The van der Waals surface area contributed by atoms with Gasteiger partial charge >= 0.3 is 5.97 Å². The van der Waals surface area contributed by atoms with Crippen molar-refractivity contribution < 1.29 is 14.1 Å². The highest BCUT2D eigenvalue weighted by Gasteiger charge is 2.31. The van der Waals surface area contributed by atoms with Crippen molar-refractivity contribution in [2.24, 2.45) is 5.92 Å². The fourth-order valence-corrected chi connectivity index (χ4v) is 2.99. The summed E-state index contributed by atoms with van der Waals surface area (Å²) in [5.74, 6) is -1.45. The van der Waals surface area contributed by atoms with Gasteiger partial charge in [-0.15, -0.1) is 0 Å². The maximum Gasteiger partial charge on any atom is 0.308 e. The van der Waals surface area contributed by atoms with E-state index in [0.717, 1.165) is 5.56 Å². The third-order valence-electron chi connectivity index (χ3n) is 3.36. The smallest absolute Gasteiger partial charge is 0.308 e. The van der Waals surface area contributed by atoms with Crippen LogP contribution in [-0.2, 0) is 22.2 Å². The molecule has 0 amide bonds. The Hall–Kier alpha value is -1.20. The van der Waals surface area contributed by atoms with Gasteiger partial charge in [0.2, 0.25) is 0 Å². The lowest BCUT2D eigenvalue weighted by Gasteiger charge is -2.27. The van der Waals surface area contributed by atoms with Crippen LogP contribution in [0.15, 0.2) is 30.3 Å². The molecule has 3 atom stereocenters. The molecule has 0 aliphatic carbocycles. The summed E-state index contributed by atoms with van der Waals surface area (Å²) >= 11 is 0. The Morgan fingerprint density at radius 1 is 1.29 bits per heavy atom. The number of nitrogens with one attached hydrogen (secondary N) is 1. The fraction of sp³-hybridized carbons (Fsp3) is 0.562. The summed E-state index contributed by atoms with van der Waals surface area (Å²) in [5.41, 5.74) is 0.978. The zero-order chi connectivity index (χ0) is 16.0. The SMILES string of the molecule is CC[C@@H](NS(=O)C(C)(C)C)[C@H](Cc1ccccc1)C(=O)O. The standard InChI is InChI=1S/C16H25NO3S/c1-5-14(17-21(20)16(2,3)4)13(15(18)19)11-12-9-7-6-8-10-12/h6-10,13-14,17H,5,11H2,1-4H3,(H,18,19)/t13-,14+,21?/m0/s1. The molecule has 1 rings (SSSR count). The normalized spacial score (nSPS) is 16.2. The highest BCUT2D eigenvalue weighted by Crippen LogP contribution is 2.18. The van der Waals surface area contributed by atoms with Gasteiger partial charge in [0.15, 0.2) is 0 Å². The first-order valence-electron chi connectivity index (χ1n) is 7.20. The van der Waals surface area contributed by atoms with Crippen LogP contribution in [0.2, 0.25) is 0 Å². The number of benzene rings is 1. The van der Waals surface area contributed by atoms with Gasteiger partial charge in [0.25, 0.3) is 0 Å². The number of rotatable bonds is 7. The number of carboxylic acids is 1. The van der Waals surface area contributed by atoms with Crippen LogP contribution in [0.3, 0.4) is 0 Å². The van der Waals surface area contributed by atoms with Crippen molar-refractivity contribution in [1.29, 1.82) is 0 Å². The van der Waals surface area contributed by atoms with Crippen LogP contribution < -0.4 is 4.72 Å². The molecule has 0 bridgehead atoms. The third kappa shape index (κ3) is 5.59. The molecular weight excluding hydrogens is 286 g/mol.